The second-order valence-electron chi connectivity index (χ2n) is 4.65. The van der Waals surface area contributed by atoms with Crippen LogP contribution in [0, 0.1) is 12.8 Å². The normalized spacial score (nSPS) is 19.5. The van der Waals surface area contributed by atoms with E-state index in [0.717, 1.165) is 12.6 Å². The van der Waals surface area contributed by atoms with Crippen LogP contribution in [0.1, 0.15) is 17.5 Å². The standard InChI is InChI=1S/C13H15F3N2O/c1-8-10(13(14,15)16)3-2-4-11(8)18-12(19)9-5-6-17-7-9/h2-4,9,17H,5-7H2,1H3,(H,18,19). The molecule has 1 amide bonds. The van der Waals surface area contributed by atoms with E-state index in [4.69, 9.17) is 0 Å². The fraction of sp³-hybridized carbons (Fsp3) is 0.462. The Labute approximate surface area is 109 Å². The van der Waals surface area contributed by atoms with Crippen LogP contribution < -0.4 is 10.6 Å². The summed E-state index contributed by atoms with van der Waals surface area (Å²) >= 11 is 0. The highest BCUT2D eigenvalue weighted by atomic mass is 19.4. The molecule has 3 nitrogen and oxygen atoms in total. The molecule has 2 N–H and O–H groups in total. The molecular weight excluding hydrogens is 257 g/mol. The number of carbonyl (C=O) groups is 1. The summed E-state index contributed by atoms with van der Waals surface area (Å²) in [6.45, 7) is 2.70. The molecule has 1 heterocycles. The Bertz CT molecular complexity index is 479. The summed E-state index contributed by atoms with van der Waals surface area (Å²) in [4.78, 5) is 11.9. The van der Waals surface area contributed by atoms with Gasteiger partial charge in [0, 0.05) is 12.2 Å². The quantitative estimate of drug-likeness (QED) is 0.868. The zero-order valence-corrected chi connectivity index (χ0v) is 10.5. The van der Waals surface area contributed by atoms with Crippen LogP contribution in [0.15, 0.2) is 18.2 Å². The summed E-state index contributed by atoms with van der Waals surface area (Å²) in [7, 11) is 0. The first-order chi connectivity index (χ1) is 8.89. The van der Waals surface area contributed by atoms with Crippen molar-refractivity contribution in [1.82, 2.24) is 5.32 Å². The fourth-order valence-electron chi connectivity index (χ4n) is 2.19. The molecule has 1 aliphatic heterocycles. The van der Waals surface area contributed by atoms with E-state index in [-0.39, 0.29) is 23.1 Å². The van der Waals surface area contributed by atoms with Crippen molar-refractivity contribution >= 4 is 11.6 Å². The third kappa shape index (κ3) is 3.07. The Morgan fingerprint density at radius 2 is 2.16 bits per heavy atom. The predicted molar refractivity (Wildman–Crippen MR) is 65.8 cm³/mol. The third-order valence-corrected chi connectivity index (χ3v) is 3.33. The van der Waals surface area contributed by atoms with Crippen LogP contribution >= 0.6 is 0 Å². The predicted octanol–water partition coefficient (Wildman–Crippen LogP) is 2.56. The van der Waals surface area contributed by atoms with Crippen LogP contribution in [0.25, 0.3) is 0 Å². The van der Waals surface area contributed by atoms with Crippen molar-refractivity contribution in [3.05, 3.63) is 29.3 Å². The van der Waals surface area contributed by atoms with E-state index in [1.165, 1.54) is 19.1 Å². The average Bonchev–Trinajstić information content (AvgIpc) is 2.83. The molecule has 0 radical (unpaired) electrons. The summed E-state index contributed by atoms with van der Waals surface area (Å²) in [6, 6.07) is 3.81. The van der Waals surface area contributed by atoms with Crippen molar-refractivity contribution in [2.45, 2.75) is 19.5 Å². The molecule has 104 valence electrons. The topological polar surface area (TPSA) is 41.1 Å². The number of halogens is 3. The van der Waals surface area contributed by atoms with Crippen molar-refractivity contribution in [3.8, 4) is 0 Å². The zero-order valence-electron chi connectivity index (χ0n) is 10.5. The Morgan fingerprint density at radius 3 is 2.74 bits per heavy atom. The van der Waals surface area contributed by atoms with E-state index < -0.39 is 11.7 Å². The van der Waals surface area contributed by atoms with Gasteiger partial charge in [-0.2, -0.15) is 13.2 Å². The summed E-state index contributed by atoms with van der Waals surface area (Å²) in [5.41, 5.74) is -0.434. The third-order valence-electron chi connectivity index (χ3n) is 3.33. The average molecular weight is 272 g/mol. The summed E-state index contributed by atoms with van der Waals surface area (Å²) in [5, 5.41) is 5.63. The lowest BCUT2D eigenvalue weighted by Crippen LogP contribution is -2.25. The number of rotatable bonds is 2. The number of hydrogen-bond acceptors (Lipinski definition) is 2. The SMILES string of the molecule is Cc1c(NC(=O)C2CCNC2)cccc1C(F)(F)F. The van der Waals surface area contributed by atoms with E-state index in [1.807, 2.05) is 0 Å². The molecule has 0 spiro atoms. The van der Waals surface area contributed by atoms with Crippen LogP contribution in [0.4, 0.5) is 18.9 Å². The maximum absolute atomic E-state index is 12.7. The number of alkyl halides is 3. The van der Waals surface area contributed by atoms with Crippen LogP contribution in [0.3, 0.4) is 0 Å². The van der Waals surface area contributed by atoms with E-state index >= 15 is 0 Å². The minimum atomic E-state index is -4.40. The van der Waals surface area contributed by atoms with Gasteiger partial charge in [-0.1, -0.05) is 6.07 Å². The molecule has 1 aromatic rings. The summed E-state index contributed by atoms with van der Waals surface area (Å²) in [5.74, 6) is -0.402. The first kappa shape index (κ1) is 13.9. The van der Waals surface area contributed by atoms with E-state index in [1.54, 1.807) is 0 Å². The summed E-state index contributed by atoms with van der Waals surface area (Å²) in [6.07, 6.45) is -3.69. The number of amides is 1. The number of carbonyl (C=O) groups excluding carboxylic acids is 1. The van der Waals surface area contributed by atoms with E-state index in [2.05, 4.69) is 10.6 Å². The minimum Gasteiger partial charge on any atom is -0.326 e. The lowest BCUT2D eigenvalue weighted by Gasteiger charge is -2.16. The maximum Gasteiger partial charge on any atom is 0.416 e. The van der Waals surface area contributed by atoms with Crippen LogP contribution in [-0.4, -0.2) is 19.0 Å². The first-order valence-corrected chi connectivity index (χ1v) is 6.08. The van der Waals surface area contributed by atoms with Crippen LogP contribution in [-0.2, 0) is 11.0 Å². The largest absolute Gasteiger partial charge is 0.416 e. The molecule has 1 fully saturated rings. The monoisotopic (exact) mass is 272 g/mol. The van der Waals surface area contributed by atoms with Crippen molar-refractivity contribution in [1.29, 1.82) is 0 Å². The lowest BCUT2D eigenvalue weighted by atomic mass is 10.0. The Hall–Kier alpha value is -1.56. The van der Waals surface area contributed by atoms with Gasteiger partial charge in [-0.05, 0) is 37.6 Å². The first-order valence-electron chi connectivity index (χ1n) is 6.08. The van der Waals surface area contributed by atoms with Crippen LogP contribution in [0.5, 0.6) is 0 Å². The molecule has 2 rings (SSSR count). The molecule has 6 heteroatoms. The van der Waals surface area contributed by atoms with E-state index in [9.17, 15) is 18.0 Å². The molecule has 0 aliphatic carbocycles. The molecule has 0 bridgehead atoms. The molecule has 1 atom stereocenters. The lowest BCUT2D eigenvalue weighted by molar-refractivity contribution is -0.138. The highest BCUT2D eigenvalue weighted by Crippen LogP contribution is 2.34. The van der Waals surface area contributed by atoms with Gasteiger partial charge in [0.2, 0.25) is 5.91 Å². The summed E-state index contributed by atoms with van der Waals surface area (Å²) < 4.78 is 38.2. The highest BCUT2D eigenvalue weighted by Gasteiger charge is 2.33. The molecule has 1 aliphatic rings. The molecule has 1 saturated heterocycles. The van der Waals surface area contributed by atoms with Gasteiger partial charge in [0.15, 0.2) is 0 Å². The Balaban J connectivity index is 2.19. The van der Waals surface area contributed by atoms with Gasteiger partial charge < -0.3 is 10.6 Å². The molecule has 0 saturated carbocycles. The molecule has 1 aromatic carbocycles. The number of anilines is 1. The second-order valence-corrected chi connectivity index (χ2v) is 4.65. The van der Waals surface area contributed by atoms with Crippen molar-refractivity contribution < 1.29 is 18.0 Å². The van der Waals surface area contributed by atoms with Crippen molar-refractivity contribution in [2.75, 3.05) is 18.4 Å². The van der Waals surface area contributed by atoms with Gasteiger partial charge in [-0.25, -0.2) is 0 Å². The van der Waals surface area contributed by atoms with Gasteiger partial charge in [-0.15, -0.1) is 0 Å². The van der Waals surface area contributed by atoms with Gasteiger partial charge in [0.25, 0.3) is 0 Å². The zero-order chi connectivity index (χ0) is 14.0. The Kier molecular flexibility index (Phi) is 3.80. The van der Waals surface area contributed by atoms with Gasteiger partial charge in [0.1, 0.15) is 0 Å². The van der Waals surface area contributed by atoms with Crippen LogP contribution in [0.2, 0.25) is 0 Å². The maximum atomic E-state index is 12.7. The fourth-order valence-corrected chi connectivity index (χ4v) is 2.19. The van der Waals surface area contributed by atoms with Gasteiger partial charge in [0.05, 0.1) is 11.5 Å². The smallest absolute Gasteiger partial charge is 0.326 e. The van der Waals surface area contributed by atoms with Crippen molar-refractivity contribution in [2.24, 2.45) is 5.92 Å². The highest BCUT2D eigenvalue weighted by molar-refractivity contribution is 5.93. The number of nitrogens with one attached hydrogen (secondary N) is 2. The molecular formula is C13H15F3N2O. The van der Waals surface area contributed by atoms with Gasteiger partial charge >= 0.3 is 6.18 Å². The van der Waals surface area contributed by atoms with Gasteiger partial charge in [-0.3, -0.25) is 4.79 Å². The number of hydrogen-bond donors (Lipinski definition) is 2. The Morgan fingerprint density at radius 1 is 1.42 bits per heavy atom. The number of benzene rings is 1. The van der Waals surface area contributed by atoms with Crippen molar-refractivity contribution in [3.63, 3.8) is 0 Å². The molecule has 1 unspecified atom stereocenters. The molecule has 0 aromatic heterocycles. The minimum absolute atomic E-state index is 0.0503. The second kappa shape index (κ2) is 5.21. The van der Waals surface area contributed by atoms with E-state index in [0.29, 0.717) is 13.0 Å². The molecule has 19 heavy (non-hydrogen) atoms.